The van der Waals surface area contributed by atoms with Crippen molar-refractivity contribution in [2.75, 3.05) is 57.3 Å². The van der Waals surface area contributed by atoms with E-state index < -0.39 is 0 Å². The number of hydrogen-bond acceptors (Lipinski definition) is 4. The fourth-order valence-corrected chi connectivity index (χ4v) is 3.51. The minimum absolute atomic E-state index is 0. The molecule has 0 bridgehead atoms. The van der Waals surface area contributed by atoms with Crippen LogP contribution in [0.1, 0.15) is 32.3 Å². The molecule has 7 heteroatoms. The molecule has 3 rings (SSSR count). The van der Waals surface area contributed by atoms with E-state index >= 15 is 0 Å². The molecule has 0 aliphatic carbocycles. The van der Waals surface area contributed by atoms with E-state index in [2.05, 4.69) is 51.0 Å². The average molecular weight is 472 g/mol. The van der Waals surface area contributed by atoms with Crippen LogP contribution in [0.2, 0.25) is 0 Å². The number of rotatable bonds is 5. The first-order valence-corrected chi connectivity index (χ1v) is 9.75. The number of nitrogens with one attached hydrogen (secondary N) is 1. The Kier molecular flexibility index (Phi) is 8.90. The molecule has 2 aliphatic heterocycles. The highest BCUT2D eigenvalue weighted by atomic mass is 127. The molecule has 26 heavy (non-hydrogen) atoms. The molecular weight excluding hydrogens is 439 g/mol. The van der Waals surface area contributed by atoms with Gasteiger partial charge < -0.3 is 20.0 Å². The molecule has 2 saturated heterocycles. The zero-order valence-electron chi connectivity index (χ0n) is 16.2. The van der Waals surface area contributed by atoms with E-state index in [1.165, 1.54) is 18.4 Å². The number of piperazine rings is 1. The second-order valence-electron chi connectivity index (χ2n) is 6.81. The molecule has 2 aliphatic rings. The Balaban J connectivity index is 0.00000243. The number of halogens is 1. The van der Waals surface area contributed by atoms with E-state index in [1.807, 2.05) is 6.20 Å². The lowest BCUT2D eigenvalue weighted by molar-refractivity contribution is 0.270. The lowest BCUT2D eigenvalue weighted by atomic mass is 10.2. The number of guanidine groups is 1. The van der Waals surface area contributed by atoms with Crippen molar-refractivity contribution in [2.45, 2.75) is 33.2 Å². The van der Waals surface area contributed by atoms with Crippen LogP contribution in [0.3, 0.4) is 0 Å². The number of pyridine rings is 1. The summed E-state index contributed by atoms with van der Waals surface area (Å²) in [4.78, 5) is 16.7. The number of anilines is 1. The third-order valence-electron chi connectivity index (χ3n) is 5.10. The summed E-state index contributed by atoms with van der Waals surface area (Å²) in [5.41, 5.74) is 1.17. The van der Waals surface area contributed by atoms with Gasteiger partial charge >= 0.3 is 0 Å². The summed E-state index contributed by atoms with van der Waals surface area (Å²) in [6, 6.07) is 4.32. The lowest BCUT2D eigenvalue weighted by Gasteiger charge is -2.34. The van der Waals surface area contributed by atoms with Crippen LogP contribution in [0.25, 0.3) is 0 Å². The van der Waals surface area contributed by atoms with Crippen LogP contribution in [-0.2, 0) is 6.54 Å². The third-order valence-corrected chi connectivity index (χ3v) is 5.10. The van der Waals surface area contributed by atoms with Crippen LogP contribution in [0.15, 0.2) is 23.3 Å². The topological polar surface area (TPSA) is 47.0 Å². The van der Waals surface area contributed by atoms with Gasteiger partial charge in [0, 0.05) is 52.0 Å². The summed E-state index contributed by atoms with van der Waals surface area (Å²) < 4.78 is 0. The SMILES string of the molecule is CCNC(=NCc1ccc(N2CCN(CC)CC2)nc1)N1CCCC1.I. The van der Waals surface area contributed by atoms with Crippen molar-refractivity contribution in [3.8, 4) is 0 Å². The number of likely N-dealkylation sites (tertiary alicyclic amines) is 1. The van der Waals surface area contributed by atoms with Crippen molar-refractivity contribution in [1.82, 2.24) is 20.1 Å². The van der Waals surface area contributed by atoms with Crippen molar-refractivity contribution in [3.05, 3.63) is 23.9 Å². The van der Waals surface area contributed by atoms with Crippen molar-refractivity contribution in [1.29, 1.82) is 0 Å². The number of hydrogen-bond donors (Lipinski definition) is 1. The molecule has 1 aromatic heterocycles. The zero-order valence-corrected chi connectivity index (χ0v) is 18.5. The molecule has 0 radical (unpaired) electrons. The zero-order chi connectivity index (χ0) is 17.5. The highest BCUT2D eigenvalue weighted by molar-refractivity contribution is 14.0. The monoisotopic (exact) mass is 472 g/mol. The smallest absolute Gasteiger partial charge is 0.194 e. The molecule has 2 fully saturated rings. The Hall–Kier alpha value is -1.09. The van der Waals surface area contributed by atoms with Crippen molar-refractivity contribution in [2.24, 2.45) is 4.99 Å². The minimum Gasteiger partial charge on any atom is -0.357 e. The van der Waals surface area contributed by atoms with E-state index in [0.29, 0.717) is 6.54 Å². The van der Waals surface area contributed by atoms with Crippen LogP contribution in [0.5, 0.6) is 0 Å². The average Bonchev–Trinajstić information content (AvgIpc) is 3.20. The molecular formula is C19H33IN6. The van der Waals surface area contributed by atoms with Crippen molar-refractivity contribution >= 4 is 35.8 Å². The van der Waals surface area contributed by atoms with E-state index in [0.717, 1.165) is 64.1 Å². The van der Waals surface area contributed by atoms with E-state index in [4.69, 9.17) is 4.99 Å². The third kappa shape index (κ3) is 5.70. The second-order valence-corrected chi connectivity index (χ2v) is 6.81. The van der Waals surface area contributed by atoms with Gasteiger partial charge in [-0.05, 0) is 37.9 Å². The van der Waals surface area contributed by atoms with Crippen molar-refractivity contribution < 1.29 is 0 Å². The van der Waals surface area contributed by atoms with Gasteiger partial charge in [-0.3, -0.25) is 0 Å². The van der Waals surface area contributed by atoms with Crippen LogP contribution >= 0.6 is 24.0 Å². The molecule has 6 nitrogen and oxygen atoms in total. The molecule has 1 aromatic rings. The maximum atomic E-state index is 4.80. The summed E-state index contributed by atoms with van der Waals surface area (Å²) in [6.07, 6.45) is 4.52. The van der Waals surface area contributed by atoms with E-state index in [1.54, 1.807) is 0 Å². The Bertz CT molecular complexity index is 548. The summed E-state index contributed by atoms with van der Waals surface area (Å²) in [5, 5.41) is 3.41. The quantitative estimate of drug-likeness (QED) is 0.405. The Morgan fingerprint density at radius 2 is 1.81 bits per heavy atom. The maximum absolute atomic E-state index is 4.80. The van der Waals surface area contributed by atoms with Gasteiger partial charge in [-0.15, -0.1) is 24.0 Å². The standard InChI is InChI=1S/C19H32N6.HI/c1-3-20-19(25-9-5-6-10-25)22-16-17-7-8-18(21-15-17)24-13-11-23(4-2)12-14-24;/h7-8,15H,3-6,9-14,16H2,1-2H3,(H,20,22);1H. The van der Waals surface area contributed by atoms with Crippen molar-refractivity contribution in [3.63, 3.8) is 0 Å². The Morgan fingerprint density at radius 1 is 1.08 bits per heavy atom. The number of aliphatic imine (C=N–C) groups is 1. The fourth-order valence-electron chi connectivity index (χ4n) is 3.51. The summed E-state index contributed by atoms with van der Waals surface area (Å²) in [7, 11) is 0. The summed E-state index contributed by atoms with van der Waals surface area (Å²) in [5.74, 6) is 2.13. The van der Waals surface area contributed by atoms with Crippen LogP contribution in [-0.4, -0.2) is 73.1 Å². The van der Waals surface area contributed by atoms with Gasteiger partial charge in [-0.1, -0.05) is 13.0 Å². The molecule has 1 N–H and O–H groups in total. The first kappa shape index (κ1) is 21.2. The molecule has 0 unspecified atom stereocenters. The number of nitrogens with zero attached hydrogens (tertiary/aromatic N) is 5. The maximum Gasteiger partial charge on any atom is 0.194 e. The Labute approximate surface area is 175 Å². The normalized spacial score (nSPS) is 18.8. The largest absolute Gasteiger partial charge is 0.357 e. The molecule has 0 aromatic carbocycles. The lowest BCUT2D eigenvalue weighted by Crippen LogP contribution is -2.46. The van der Waals surface area contributed by atoms with Gasteiger partial charge in [0.15, 0.2) is 5.96 Å². The summed E-state index contributed by atoms with van der Waals surface area (Å²) in [6.45, 7) is 13.7. The Morgan fingerprint density at radius 3 is 2.38 bits per heavy atom. The van der Waals surface area contributed by atoms with E-state index in [9.17, 15) is 0 Å². The predicted octanol–water partition coefficient (Wildman–Crippen LogP) is 2.40. The highest BCUT2D eigenvalue weighted by Crippen LogP contribution is 2.15. The number of likely N-dealkylation sites (N-methyl/N-ethyl adjacent to an activating group) is 1. The summed E-state index contributed by atoms with van der Waals surface area (Å²) >= 11 is 0. The van der Waals surface area contributed by atoms with Gasteiger partial charge in [-0.2, -0.15) is 0 Å². The van der Waals surface area contributed by atoms with Crippen LogP contribution in [0.4, 0.5) is 5.82 Å². The van der Waals surface area contributed by atoms with Gasteiger partial charge in [0.25, 0.3) is 0 Å². The number of aromatic nitrogens is 1. The molecule has 0 saturated carbocycles. The molecule has 0 amide bonds. The molecule has 0 atom stereocenters. The van der Waals surface area contributed by atoms with Gasteiger partial charge in [-0.25, -0.2) is 9.98 Å². The van der Waals surface area contributed by atoms with Crippen LogP contribution < -0.4 is 10.2 Å². The minimum atomic E-state index is 0. The van der Waals surface area contributed by atoms with Crippen LogP contribution in [0, 0.1) is 0 Å². The first-order valence-electron chi connectivity index (χ1n) is 9.75. The fraction of sp³-hybridized carbons (Fsp3) is 0.684. The molecule has 146 valence electrons. The first-order chi connectivity index (χ1) is 12.3. The molecule has 0 spiro atoms. The van der Waals surface area contributed by atoms with Gasteiger partial charge in [0.2, 0.25) is 0 Å². The second kappa shape index (κ2) is 10.9. The van der Waals surface area contributed by atoms with E-state index in [-0.39, 0.29) is 24.0 Å². The predicted molar refractivity (Wildman–Crippen MR) is 120 cm³/mol. The molecule has 3 heterocycles. The van der Waals surface area contributed by atoms with Gasteiger partial charge in [0.1, 0.15) is 5.82 Å². The van der Waals surface area contributed by atoms with Gasteiger partial charge in [0.05, 0.1) is 6.54 Å². The highest BCUT2D eigenvalue weighted by Gasteiger charge is 2.17.